The highest BCUT2D eigenvalue weighted by Gasteiger charge is 2.20. The van der Waals surface area contributed by atoms with Gasteiger partial charge in [0.1, 0.15) is 10.0 Å². The highest BCUT2D eigenvalue weighted by atomic mass is 32.1. The first-order valence-corrected chi connectivity index (χ1v) is 36.2. The van der Waals surface area contributed by atoms with Gasteiger partial charge < -0.3 is 9.13 Å². The van der Waals surface area contributed by atoms with Crippen molar-refractivity contribution in [3.63, 3.8) is 0 Å². The van der Waals surface area contributed by atoms with E-state index < -0.39 is 0 Å². The van der Waals surface area contributed by atoms with Crippen molar-refractivity contribution in [2.24, 2.45) is 0 Å². The molecule has 0 amide bonds. The van der Waals surface area contributed by atoms with Crippen molar-refractivity contribution in [2.75, 3.05) is 0 Å². The first-order valence-electron chi connectivity index (χ1n) is 32.9. The summed E-state index contributed by atoms with van der Waals surface area (Å²) in [6, 6.07) is 56.4. The van der Waals surface area contributed by atoms with Gasteiger partial charge in [-0.25, -0.2) is 0 Å². The monoisotopic (exact) mass is 1210 g/mol. The van der Waals surface area contributed by atoms with Crippen LogP contribution in [0.25, 0.3) is 105 Å². The fourth-order valence-electron chi connectivity index (χ4n) is 12.9. The maximum absolute atomic E-state index is 4.90. The second-order valence-electron chi connectivity index (χ2n) is 24.2. The Morgan fingerprint density at radius 1 is 0.279 bits per heavy atom. The Kier molecular flexibility index (Phi) is 20.2. The number of hydrogen-bond donors (Lipinski definition) is 0. The van der Waals surface area contributed by atoms with E-state index in [0.717, 1.165) is 48.2 Å². The molecule has 8 heterocycles. The summed E-state index contributed by atoms with van der Waals surface area (Å²) in [6.45, 7) is 9.20. The van der Waals surface area contributed by atoms with Crippen LogP contribution in [0.2, 0.25) is 0 Å². The Morgan fingerprint density at radius 2 is 0.570 bits per heavy atom. The van der Waals surface area contributed by atoms with Crippen LogP contribution >= 0.6 is 45.3 Å². The van der Waals surface area contributed by atoms with E-state index in [0.29, 0.717) is 0 Å². The highest BCUT2D eigenvalue weighted by Crippen LogP contribution is 2.45. The molecular weight excluding hydrogens is 1120 g/mol. The van der Waals surface area contributed by atoms with Crippen molar-refractivity contribution in [3.05, 3.63) is 180 Å². The molecule has 0 aliphatic carbocycles. The van der Waals surface area contributed by atoms with Gasteiger partial charge in [-0.1, -0.05) is 155 Å². The van der Waals surface area contributed by atoms with Crippen molar-refractivity contribution in [1.29, 1.82) is 0 Å². The lowest BCUT2D eigenvalue weighted by Crippen LogP contribution is -1.91. The number of unbranched alkanes of at least 4 members (excludes halogenated alkanes) is 16. The highest BCUT2D eigenvalue weighted by molar-refractivity contribution is 7.25. The van der Waals surface area contributed by atoms with Crippen LogP contribution in [0, 0.1) is 0 Å². The molecule has 0 bridgehead atoms. The summed E-state index contributed by atoms with van der Waals surface area (Å²) in [5.74, 6) is 0. The summed E-state index contributed by atoms with van der Waals surface area (Å²) >= 11 is 7.50. The van der Waals surface area contributed by atoms with Gasteiger partial charge in [0.15, 0.2) is 0 Å². The zero-order valence-electron chi connectivity index (χ0n) is 51.4. The van der Waals surface area contributed by atoms with Crippen LogP contribution in [0.5, 0.6) is 0 Å². The molecule has 4 nitrogen and oxygen atoms in total. The lowest BCUT2D eigenvalue weighted by atomic mass is 10.0. The zero-order valence-corrected chi connectivity index (χ0v) is 54.7. The Hall–Kier alpha value is -6.42. The average molecular weight is 1210 g/mol. The van der Waals surface area contributed by atoms with E-state index in [1.165, 1.54) is 234 Å². The van der Waals surface area contributed by atoms with Crippen molar-refractivity contribution in [2.45, 2.75) is 182 Å². The SMILES string of the molecule is CCCCCCCc1ccc2c(c1)c1cc(CCCCCCC)ccc1n2-c1ccc(-c2ccc(-c3ccnc(-c4cc(-c5ccc(-c6ccc(-n7c8ccc(CCCCCCC)cc8c8cc(CCCCCCC)ccc87)s6)s5)ccn4)c3)s2)s1. The number of rotatable bonds is 31. The van der Waals surface area contributed by atoms with Crippen LogP contribution in [0.15, 0.2) is 158 Å². The van der Waals surface area contributed by atoms with Gasteiger partial charge in [0.25, 0.3) is 0 Å². The molecule has 12 aromatic rings. The lowest BCUT2D eigenvalue weighted by Gasteiger charge is -2.06. The van der Waals surface area contributed by atoms with Gasteiger partial charge in [-0.2, -0.15) is 0 Å². The van der Waals surface area contributed by atoms with E-state index in [9.17, 15) is 0 Å². The van der Waals surface area contributed by atoms with Gasteiger partial charge in [-0.3, -0.25) is 9.97 Å². The number of aromatic nitrogens is 4. The molecule has 8 heteroatoms. The Balaban J connectivity index is 0.763. The number of pyridine rings is 2. The molecule has 0 fully saturated rings. The molecule has 0 aliphatic heterocycles. The van der Waals surface area contributed by atoms with Crippen molar-refractivity contribution in [1.82, 2.24) is 19.1 Å². The third-order valence-corrected chi connectivity index (χ3v) is 22.5. The molecular formula is C78H86N4S4. The molecule has 0 unspecified atom stereocenters. The molecule has 0 saturated carbocycles. The summed E-state index contributed by atoms with van der Waals surface area (Å²) in [4.78, 5) is 17.4. The second-order valence-corrected chi connectivity index (χ2v) is 28.5. The van der Waals surface area contributed by atoms with Crippen LogP contribution < -0.4 is 0 Å². The first kappa shape index (κ1) is 59.9. The van der Waals surface area contributed by atoms with Crippen molar-refractivity contribution < 1.29 is 0 Å². The number of hydrogen-bond acceptors (Lipinski definition) is 6. The maximum atomic E-state index is 4.90. The van der Waals surface area contributed by atoms with E-state index in [2.05, 4.69) is 182 Å². The molecule has 0 radical (unpaired) electrons. The van der Waals surface area contributed by atoms with Crippen LogP contribution in [-0.4, -0.2) is 19.1 Å². The molecule has 0 atom stereocenters. The summed E-state index contributed by atoms with van der Waals surface area (Å²) < 4.78 is 5.05. The first-order chi connectivity index (χ1) is 42.5. The predicted octanol–water partition coefficient (Wildman–Crippen LogP) is 25.3. The summed E-state index contributed by atoms with van der Waals surface area (Å²) in [5, 5.41) is 8.07. The number of thiophene rings is 4. The van der Waals surface area contributed by atoms with E-state index in [-0.39, 0.29) is 0 Å². The largest absolute Gasteiger partial charge is 0.301 e. The molecule has 0 N–H and O–H groups in total. The molecule has 0 aliphatic rings. The number of fused-ring (bicyclic) bond motifs is 6. The van der Waals surface area contributed by atoms with Gasteiger partial charge >= 0.3 is 0 Å². The van der Waals surface area contributed by atoms with Crippen LogP contribution in [0.3, 0.4) is 0 Å². The third-order valence-electron chi connectivity index (χ3n) is 17.7. The van der Waals surface area contributed by atoms with Crippen molar-refractivity contribution in [3.8, 4) is 61.8 Å². The van der Waals surface area contributed by atoms with E-state index in [4.69, 9.17) is 9.97 Å². The summed E-state index contributed by atoms with van der Waals surface area (Å²) in [5.41, 5.74) is 15.1. The Labute approximate surface area is 528 Å². The molecule has 86 heavy (non-hydrogen) atoms. The van der Waals surface area contributed by atoms with Gasteiger partial charge in [0.05, 0.1) is 33.5 Å². The van der Waals surface area contributed by atoms with Gasteiger partial charge in [-0.15, -0.1) is 45.3 Å². The average Bonchev–Trinajstić information content (AvgIpc) is 1.74. The second kappa shape index (κ2) is 29.1. The zero-order chi connectivity index (χ0) is 58.6. The van der Waals surface area contributed by atoms with Crippen LogP contribution in [0.4, 0.5) is 0 Å². The quantitative estimate of drug-likeness (QED) is 0.0406. The topological polar surface area (TPSA) is 35.6 Å². The number of benzene rings is 4. The van der Waals surface area contributed by atoms with E-state index >= 15 is 0 Å². The van der Waals surface area contributed by atoms with Crippen LogP contribution in [-0.2, 0) is 25.7 Å². The number of nitrogens with zero attached hydrogens (tertiary/aromatic N) is 4. The van der Waals surface area contributed by atoms with E-state index in [1.54, 1.807) is 0 Å². The fraction of sp³-hybridized carbons (Fsp3) is 0.359. The summed E-state index contributed by atoms with van der Waals surface area (Å²) in [7, 11) is 0. The molecule has 12 rings (SSSR count). The fourth-order valence-corrected chi connectivity index (χ4v) is 17.2. The molecule has 8 aromatic heterocycles. The lowest BCUT2D eigenvalue weighted by molar-refractivity contribution is 0.632. The summed E-state index contributed by atoms with van der Waals surface area (Å²) in [6.07, 6.45) is 34.6. The number of aryl methyl sites for hydroxylation is 4. The smallest absolute Gasteiger partial charge is 0.101 e. The molecule has 0 spiro atoms. The third kappa shape index (κ3) is 13.8. The Morgan fingerprint density at radius 3 is 0.895 bits per heavy atom. The maximum Gasteiger partial charge on any atom is 0.101 e. The van der Waals surface area contributed by atoms with Gasteiger partial charge in [-0.05, 0) is 206 Å². The van der Waals surface area contributed by atoms with E-state index in [1.807, 2.05) is 57.7 Å². The van der Waals surface area contributed by atoms with Gasteiger partial charge in [0, 0.05) is 63.2 Å². The minimum absolute atomic E-state index is 0.882. The van der Waals surface area contributed by atoms with Gasteiger partial charge in [0.2, 0.25) is 0 Å². The normalized spacial score (nSPS) is 11.9. The standard InChI is InChI=1S/C78H86N4S4/c1-5-9-13-17-21-25-55-29-33-67-61(49-55)62-50-56(26-22-18-14-10-6-2)30-34-68(62)81(67)77-43-41-75(85-77)73-39-37-71(83-73)59-45-47-79-65(53-59)66-54-60(46-48-80-66)72-38-40-74(84-72)76-42-44-78(86-76)82-69-35-31-57(27-23-19-15-11-7-3)51-63(69)64-52-58(32-36-70(64)82)28-24-20-16-12-8-4/h29-54H,5-28H2,1-4H3. The molecule has 4 aromatic carbocycles. The minimum atomic E-state index is 0.882. The molecule has 442 valence electrons. The molecule has 0 saturated heterocycles. The predicted molar refractivity (Wildman–Crippen MR) is 379 cm³/mol. The van der Waals surface area contributed by atoms with Crippen molar-refractivity contribution >= 4 is 89.0 Å². The van der Waals surface area contributed by atoms with Crippen LogP contribution in [0.1, 0.15) is 178 Å². The Bertz CT molecular complexity index is 3760. The minimum Gasteiger partial charge on any atom is -0.301 e.